The lowest BCUT2D eigenvalue weighted by atomic mass is 10.1. The number of sulfonamides is 1. The average Bonchev–Trinajstić information content (AvgIpc) is 3.16. The summed E-state index contributed by atoms with van der Waals surface area (Å²) in [7, 11) is -1.89. The Balaban J connectivity index is 1.42. The Bertz CT molecular complexity index is 1210. The van der Waals surface area contributed by atoms with Crippen molar-refractivity contribution in [2.45, 2.75) is 13.0 Å². The zero-order chi connectivity index (χ0) is 22.0. The smallest absolute Gasteiger partial charge is 0.255 e. The van der Waals surface area contributed by atoms with Crippen molar-refractivity contribution >= 4 is 33.0 Å². The highest BCUT2D eigenvalue weighted by molar-refractivity contribution is 7.92. The molecule has 4 rings (SSSR count). The number of amides is 1. The highest BCUT2D eigenvalue weighted by Crippen LogP contribution is 2.29. The van der Waals surface area contributed by atoms with Gasteiger partial charge in [0.15, 0.2) is 0 Å². The van der Waals surface area contributed by atoms with Crippen LogP contribution in [0, 0.1) is 0 Å². The molecule has 0 aromatic heterocycles. The minimum Gasteiger partial charge on any atom is -0.367 e. The van der Waals surface area contributed by atoms with Crippen LogP contribution in [-0.4, -0.2) is 34.2 Å². The van der Waals surface area contributed by atoms with E-state index in [0.717, 1.165) is 31.3 Å². The van der Waals surface area contributed by atoms with Crippen LogP contribution >= 0.6 is 0 Å². The van der Waals surface area contributed by atoms with Gasteiger partial charge in [-0.3, -0.25) is 9.10 Å². The molecule has 1 heterocycles. The molecule has 1 aliphatic heterocycles. The fourth-order valence-corrected chi connectivity index (χ4v) is 4.22. The van der Waals surface area contributed by atoms with Crippen molar-refractivity contribution in [3.8, 4) is 0 Å². The van der Waals surface area contributed by atoms with Crippen molar-refractivity contribution in [2.75, 3.05) is 34.4 Å². The summed E-state index contributed by atoms with van der Waals surface area (Å²) in [4.78, 5) is 15.0. The van der Waals surface area contributed by atoms with Crippen molar-refractivity contribution < 1.29 is 13.2 Å². The molecule has 0 bridgehead atoms. The predicted octanol–water partition coefficient (Wildman–Crippen LogP) is 3.90. The van der Waals surface area contributed by atoms with Gasteiger partial charge in [-0.15, -0.1) is 0 Å². The molecule has 1 N–H and O–H groups in total. The molecule has 0 atom stereocenters. The van der Waals surface area contributed by atoms with Crippen molar-refractivity contribution in [1.82, 2.24) is 0 Å². The van der Waals surface area contributed by atoms with E-state index in [-0.39, 0.29) is 5.91 Å². The summed E-state index contributed by atoms with van der Waals surface area (Å²) < 4.78 is 24.7. The molecule has 0 spiro atoms. The minimum atomic E-state index is -3.37. The zero-order valence-corrected chi connectivity index (χ0v) is 18.4. The Morgan fingerprint density at radius 3 is 2.52 bits per heavy atom. The molecular weight excluding hydrogens is 410 g/mol. The van der Waals surface area contributed by atoms with Crippen molar-refractivity contribution in [3.63, 3.8) is 0 Å². The first-order valence-electron chi connectivity index (χ1n) is 10.1. The molecule has 0 unspecified atom stereocenters. The molecule has 3 aromatic carbocycles. The summed E-state index contributed by atoms with van der Waals surface area (Å²) in [5.74, 6) is -0.239. The van der Waals surface area contributed by atoms with Gasteiger partial charge in [0.2, 0.25) is 10.0 Å². The third kappa shape index (κ3) is 4.72. The van der Waals surface area contributed by atoms with Crippen LogP contribution in [0.3, 0.4) is 0 Å². The maximum atomic E-state index is 12.7. The van der Waals surface area contributed by atoms with Gasteiger partial charge in [0.05, 0.1) is 11.9 Å². The lowest BCUT2D eigenvalue weighted by molar-refractivity contribution is 0.102. The van der Waals surface area contributed by atoms with Crippen LogP contribution in [0.1, 0.15) is 21.5 Å². The van der Waals surface area contributed by atoms with Crippen LogP contribution in [0.5, 0.6) is 0 Å². The first kappa shape index (κ1) is 20.9. The van der Waals surface area contributed by atoms with Crippen LogP contribution in [0.4, 0.5) is 17.1 Å². The van der Waals surface area contributed by atoms with E-state index in [1.807, 2.05) is 24.3 Å². The number of carbonyl (C=O) groups is 1. The first-order valence-corrected chi connectivity index (χ1v) is 11.9. The van der Waals surface area contributed by atoms with Gasteiger partial charge in [-0.25, -0.2) is 8.42 Å². The minimum absolute atomic E-state index is 0.239. The monoisotopic (exact) mass is 435 g/mol. The largest absolute Gasteiger partial charge is 0.367 e. The molecule has 0 saturated heterocycles. The van der Waals surface area contributed by atoms with E-state index in [4.69, 9.17) is 0 Å². The molecule has 1 amide bonds. The number of carbonyl (C=O) groups excluding carboxylic acids is 1. The van der Waals surface area contributed by atoms with Crippen LogP contribution < -0.4 is 14.5 Å². The van der Waals surface area contributed by atoms with Crippen LogP contribution in [0.2, 0.25) is 0 Å². The van der Waals surface area contributed by atoms with Gasteiger partial charge >= 0.3 is 0 Å². The molecular formula is C24H25N3O3S. The SMILES string of the molecule is CN(c1cccc(NC(=O)c2ccc(CN3CCc4ccccc43)cc2)c1)S(C)(=O)=O. The first-order chi connectivity index (χ1) is 14.8. The number of rotatable bonds is 6. The van der Waals surface area contributed by atoms with E-state index >= 15 is 0 Å². The maximum Gasteiger partial charge on any atom is 0.255 e. The summed E-state index contributed by atoms with van der Waals surface area (Å²) >= 11 is 0. The number of nitrogens with one attached hydrogen (secondary N) is 1. The van der Waals surface area contributed by atoms with Gasteiger partial charge in [0, 0.05) is 37.1 Å². The van der Waals surface area contributed by atoms with Crippen molar-refractivity contribution in [2.24, 2.45) is 0 Å². The van der Waals surface area contributed by atoms with Crippen molar-refractivity contribution in [1.29, 1.82) is 0 Å². The third-order valence-corrected chi connectivity index (χ3v) is 6.74. The molecule has 0 saturated carbocycles. The number of para-hydroxylation sites is 1. The topological polar surface area (TPSA) is 69.7 Å². The molecule has 6 nitrogen and oxygen atoms in total. The molecule has 0 radical (unpaired) electrons. The predicted molar refractivity (Wildman–Crippen MR) is 125 cm³/mol. The van der Waals surface area contributed by atoms with E-state index in [1.54, 1.807) is 24.3 Å². The number of fused-ring (bicyclic) bond motifs is 1. The second-order valence-electron chi connectivity index (χ2n) is 7.73. The quantitative estimate of drug-likeness (QED) is 0.638. The Morgan fingerprint density at radius 1 is 1.03 bits per heavy atom. The number of hydrogen-bond donors (Lipinski definition) is 1. The number of hydrogen-bond acceptors (Lipinski definition) is 4. The Hall–Kier alpha value is -3.32. The summed E-state index contributed by atoms with van der Waals surface area (Å²) in [6, 6.07) is 22.8. The maximum absolute atomic E-state index is 12.7. The fourth-order valence-electron chi connectivity index (χ4n) is 3.73. The molecule has 7 heteroatoms. The van der Waals surface area contributed by atoms with Crippen LogP contribution in [0.15, 0.2) is 72.8 Å². The third-order valence-electron chi connectivity index (χ3n) is 5.54. The average molecular weight is 436 g/mol. The van der Waals surface area contributed by atoms with Gasteiger partial charge in [-0.2, -0.15) is 0 Å². The highest BCUT2D eigenvalue weighted by Gasteiger charge is 2.18. The van der Waals surface area contributed by atoms with E-state index in [1.165, 1.54) is 22.6 Å². The molecule has 3 aromatic rings. The van der Waals surface area contributed by atoms with Gasteiger partial charge in [0.25, 0.3) is 5.91 Å². The van der Waals surface area contributed by atoms with Crippen LogP contribution in [0.25, 0.3) is 0 Å². The lowest BCUT2D eigenvalue weighted by Gasteiger charge is -2.19. The van der Waals surface area contributed by atoms with Crippen LogP contribution in [-0.2, 0) is 23.0 Å². The highest BCUT2D eigenvalue weighted by atomic mass is 32.2. The Labute approximate surface area is 183 Å². The summed E-state index contributed by atoms with van der Waals surface area (Å²) in [5.41, 5.74) is 5.38. The Morgan fingerprint density at radius 2 is 1.77 bits per heavy atom. The lowest BCUT2D eigenvalue weighted by Crippen LogP contribution is -2.24. The number of benzene rings is 3. The summed E-state index contributed by atoms with van der Waals surface area (Å²) in [5, 5.41) is 2.84. The molecule has 0 aliphatic carbocycles. The number of anilines is 3. The number of nitrogens with zero attached hydrogens (tertiary/aromatic N) is 2. The van der Waals surface area contributed by atoms with Gasteiger partial charge in [-0.1, -0.05) is 36.4 Å². The summed E-state index contributed by atoms with van der Waals surface area (Å²) in [6.07, 6.45) is 2.20. The second kappa shape index (κ2) is 8.43. The van der Waals surface area contributed by atoms with E-state index in [9.17, 15) is 13.2 Å². The normalized spacial score (nSPS) is 13.0. The molecule has 160 valence electrons. The second-order valence-corrected chi connectivity index (χ2v) is 9.75. The zero-order valence-electron chi connectivity index (χ0n) is 17.6. The molecule has 31 heavy (non-hydrogen) atoms. The standard InChI is InChI=1S/C24H25N3O3S/c1-26(31(2,29)30)22-8-5-7-21(16-22)25-24(28)20-12-10-18(11-13-20)17-27-15-14-19-6-3-4-9-23(19)27/h3-13,16H,14-15,17H2,1-2H3,(H,25,28). The Kier molecular flexibility index (Phi) is 5.69. The molecule has 0 fully saturated rings. The fraction of sp³-hybridized carbons (Fsp3) is 0.208. The van der Waals surface area contributed by atoms with Gasteiger partial charge in [-0.05, 0) is 53.9 Å². The van der Waals surface area contributed by atoms with Gasteiger partial charge in [0.1, 0.15) is 0 Å². The molecule has 1 aliphatic rings. The van der Waals surface area contributed by atoms with E-state index < -0.39 is 10.0 Å². The summed E-state index contributed by atoms with van der Waals surface area (Å²) in [6.45, 7) is 1.80. The van der Waals surface area contributed by atoms with E-state index in [2.05, 4.69) is 34.5 Å². The van der Waals surface area contributed by atoms with Crippen molar-refractivity contribution in [3.05, 3.63) is 89.5 Å². The van der Waals surface area contributed by atoms with Gasteiger partial charge < -0.3 is 10.2 Å². The van der Waals surface area contributed by atoms with E-state index in [0.29, 0.717) is 16.9 Å².